The number of carbonyl (C=O) groups is 1. The monoisotopic (exact) mass is 243 g/mol. The van der Waals surface area contributed by atoms with Gasteiger partial charge >= 0.3 is 6.09 Å². The summed E-state index contributed by atoms with van der Waals surface area (Å²) in [5, 5.41) is 2.61. The molecule has 1 heterocycles. The minimum Gasteiger partial charge on any atom is -0.444 e. The fraction of sp³-hybridized carbons (Fsp3) is 0.750. The predicted molar refractivity (Wildman–Crippen MR) is 64.7 cm³/mol. The molecule has 98 valence electrons. The normalized spacial score (nSPS) is 17.6. The van der Waals surface area contributed by atoms with E-state index in [4.69, 9.17) is 14.2 Å². The van der Waals surface area contributed by atoms with Gasteiger partial charge in [0.2, 0.25) is 0 Å². The van der Waals surface area contributed by atoms with E-state index in [2.05, 4.69) is 18.2 Å². The van der Waals surface area contributed by atoms with Crippen molar-refractivity contribution in [2.24, 2.45) is 0 Å². The van der Waals surface area contributed by atoms with E-state index in [-0.39, 0.29) is 6.10 Å². The molecule has 1 amide bonds. The van der Waals surface area contributed by atoms with E-state index >= 15 is 0 Å². The van der Waals surface area contributed by atoms with Crippen LogP contribution in [0.1, 0.15) is 20.8 Å². The molecule has 0 saturated carbocycles. The first-order chi connectivity index (χ1) is 7.97. The number of rotatable bonds is 5. The molecule has 1 fully saturated rings. The number of epoxide rings is 1. The lowest BCUT2D eigenvalue weighted by Gasteiger charge is -2.19. The van der Waals surface area contributed by atoms with Crippen LogP contribution in [-0.2, 0) is 14.2 Å². The molecule has 1 atom stereocenters. The maximum absolute atomic E-state index is 11.2. The molecule has 0 radical (unpaired) electrons. The molecule has 1 unspecified atom stereocenters. The maximum Gasteiger partial charge on any atom is 0.407 e. The molecule has 17 heavy (non-hydrogen) atoms. The minimum atomic E-state index is -0.452. The molecular weight excluding hydrogens is 222 g/mol. The first-order valence-corrected chi connectivity index (χ1v) is 5.47. The molecule has 1 N–H and O–H groups in total. The molecule has 1 saturated heterocycles. The minimum absolute atomic E-state index is 0.270. The van der Waals surface area contributed by atoms with Crippen LogP contribution in [0.2, 0.25) is 0 Å². The summed E-state index contributed by atoms with van der Waals surface area (Å²) in [5.74, 6) is 0. The van der Waals surface area contributed by atoms with Gasteiger partial charge in [-0.05, 0) is 20.8 Å². The van der Waals surface area contributed by atoms with Gasteiger partial charge in [-0.15, -0.1) is 12.8 Å². The van der Waals surface area contributed by atoms with Gasteiger partial charge in [0.25, 0.3) is 0 Å². The summed E-state index contributed by atoms with van der Waals surface area (Å²) in [6.07, 6.45) is 7.86. The van der Waals surface area contributed by atoms with Crippen molar-refractivity contribution in [2.75, 3.05) is 26.4 Å². The van der Waals surface area contributed by atoms with E-state index < -0.39 is 11.7 Å². The molecular formula is C12H21NO4. The third-order valence-corrected chi connectivity index (χ3v) is 1.62. The quantitative estimate of drug-likeness (QED) is 0.447. The van der Waals surface area contributed by atoms with Gasteiger partial charge < -0.3 is 19.5 Å². The number of ether oxygens (including phenoxy) is 3. The van der Waals surface area contributed by atoms with Crippen molar-refractivity contribution in [3.8, 4) is 12.8 Å². The Hall–Kier alpha value is -1.25. The second-order valence-corrected chi connectivity index (χ2v) is 4.46. The van der Waals surface area contributed by atoms with Crippen LogP contribution in [0, 0.1) is 12.8 Å². The zero-order valence-corrected chi connectivity index (χ0v) is 10.7. The third kappa shape index (κ3) is 11.0. The Morgan fingerprint density at radius 2 is 2.06 bits per heavy atom. The van der Waals surface area contributed by atoms with Crippen molar-refractivity contribution in [2.45, 2.75) is 32.5 Å². The molecule has 0 aromatic carbocycles. The number of hydrogen-bond acceptors (Lipinski definition) is 4. The second kappa shape index (κ2) is 7.93. The van der Waals surface area contributed by atoms with Crippen LogP contribution in [0.3, 0.4) is 0 Å². The Morgan fingerprint density at radius 1 is 1.47 bits per heavy atom. The number of hydrogen-bond donors (Lipinski definition) is 1. The zero-order chi connectivity index (χ0) is 13.3. The Kier molecular flexibility index (Phi) is 7.35. The van der Waals surface area contributed by atoms with Gasteiger partial charge in [-0.2, -0.15) is 0 Å². The third-order valence-electron chi connectivity index (χ3n) is 1.62. The van der Waals surface area contributed by atoms with Crippen LogP contribution in [0.15, 0.2) is 0 Å². The van der Waals surface area contributed by atoms with Crippen LogP contribution >= 0.6 is 0 Å². The number of carbonyl (C=O) groups excluding carboxylic acids is 1. The van der Waals surface area contributed by atoms with E-state index in [1.54, 1.807) is 0 Å². The molecule has 1 aliphatic heterocycles. The highest BCUT2D eigenvalue weighted by atomic mass is 16.6. The molecule has 5 nitrogen and oxygen atoms in total. The second-order valence-electron chi connectivity index (χ2n) is 4.46. The molecule has 1 aliphatic rings. The Labute approximate surface area is 103 Å². The fourth-order valence-electron chi connectivity index (χ4n) is 0.918. The van der Waals surface area contributed by atoms with Gasteiger partial charge in [-0.1, -0.05) is 0 Å². The maximum atomic E-state index is 11.2. The van der Waals surface area contributed by atoms with Crippen molar-refractivity contribution in [3.63, 3.8) is 0 Å². The Bertz CT molecular complexity index is 241. The molecule has 0 aromatic heterocycles. The van der Waals surface area contributed by atoms with Gasteiger partial charge in [0, 0.05) is 6.54 Å². The lowest BCUT2D eigenvalue weighted by atomic mass is 10.2. The van der Waals surface area contributed by atoms with Crippen molar-refractivity contribution >= 4 is 6.09 Å². The first-order valence-electron chi connectivity index (χ1n) is 5.47. The lowest BCUT2D eigenvalue weighted by molar-refractivity contribution is 0.0495. The van der Waals surface area contributed by atoms with Crippen LogP contribution in [-0.4, -0.2) is 44.2 Å². The first kappa shape index (κ1) is 15.8. The van der Waals surface area contributed by atoms with Crippen LogP contribution in [0.5, 0.6) is 0 Å². The van der Waals surface area contributed by atoms with Gasteiger partial charge in [0.15, 0.2) is 0 Å². The smallest absolute Gasteiger partial charge is 0.407 e. The highest BCUT2D eigenvalue weighted by Gasteiger charge is 2.22. The summed E-state index contributed by atoms with van der Waals surface area (Å²) in [6.45, 7) is 7.82. The Balaban J connectivity index is 0.00000121. The predicted octanol–water partition coefficient (Wildman–Crippen LogP) is 1.18. The van der Waals surface area contributed by atoms with Gasteiger partial charge in [-0.25, -0.2) is 4.79 Å². The van der Waals surface area contributed by atoms with Crippen molar-refractivity contribution < 1.29 is 19.0 Å². The zero-order valence-electron chi connectivity index (χ0n) is 10.7. The van der Waals surface area contributed by atoms with E-state index in [1.807, 2.05) is 20.8 Å². The molecule has 1 rings (SSSR count). The standard InChI is InChI=1S/C10H19NO4.C2H2/c1-10(2,3)15-9(12)11-4-5-13-6-8-7-14-8;1-2/h8H,4-7H2,1-3H3,(H,11,12);1-2H. The number of alkyl carbamates (subject to hydrolysis) is 1. The number of amides is 1. The lowest BCUT2D eigenvalue weighted by Crippen LogP contribution is -2.34. The largest absolute Gasteiger partial charge is 0.444 e. The fourth-order valence-corrected chi connectivity index (χ4v) is 0.918. The highest BCUT2D eigenvalue weighted by molar-refractivity contribution is 5.67. The van der Waals surface area contributed by atoms with Crippen LogP contribution in [0.4, 0.5) is 4.79 Å². The summed E-state index contributed by atoms with van der Waals surface area (Å²) in [4.78, 5) is 11.2. The van der Waals surface area contributed by atoms with Gasteiger partial charge in [-0.3, -0.25) is 0 Å². The van der Waals surface area contributed by atoms with Crippen molar-refractivity contribution in [3.05, 3.63) is 0 Å². The van der Waals surface area contributed by atoms with E-state index in [0.717, 1.165) is 6.61 Å². The van der Waals surface area contributed by atoms with Gasteiger partial charge in [0.05, 0.1) is 19.8 Å². The van der Waals surface area contributed by atoms with Crippen molar-refractivity contribution in [1.82, 2.24) is 5.32 Å². The number of terminal acetylenes is 1. The molecule has 0 aromatic rings. The molecule has 0 spiro atoms. The van der Waals surface area contributed by atoms with Crippen molar-refractivity contribution in [1.29, 1.82) is 0 Å². The summed E-state index contributed by atoms with van der Waals surface area (Å²) in [5.41, 5.74) is -0.452. The Morgan fingerprint density at radius 3 is 2.53 bits per heavy atom. The van der Waals surface area contributed by atoms with Gasteiger partial charge in [0.1, 0.15) is 11.7 Å². The van der Waals surface area contributed by atoms with E-state index in [0.29, 0.717) is 19.8 Å². The number of nitrogens with one attached hydrogen (secondary N) is 1. The summed E-state index contributed by atoms with van der Waals surface area (Å²) in [7, 11) is 0. The average molecular weight is 243 g/mol. The highest BCUT2D eigenvalue weighted by Crippen LogP contribution is 2.08. The topological polar surface area (TPSA) is 60.1 Å². The summed E-state index contributed by atoms with van der Waals surface area (Å²) >= 11 is 0. The van der Waals surface area contributed by atoms with Crippen LogP contribution < -0.4 is 5.32 Å². The summed E-state index contributed by atoms with van der Waals surface area (Å²) in [6, 6.07) is 0. The molecule has 0 bridgehead atoms. The SMILES string of the molecule is C#C.CC(C)(C)OC(=O)NCCOCC1CO1. The van der Waals surface area contributed by atoms with E-state index in [9.17, 15) is 4.79 Å². The average Bonchev–Trinajstić information content (AvgIpc) is 3.01. The molecule has 0 aliphatic carbocycles. The van der Waals surface area contributed by atoms with Crippen LogP contribution in [0.25, 0.3) is 0 Å². The summed E-state index contributed by atoms with van der Waals surface area (Å²) < 4.78 is 15.3. The molecule has 5 heteroatoms. The van der Waals surface area contributed by atoms with E-state index in [1.165, 1.54) is 0 Å².